The van der Waals surface area contributed by atoms with Crippen molar-refractivity contribution in [2.75, 3.05) is 6.54 Å². The number of carboxylic acid groups (broad SMARTS) is 1. The van der Waals surface area contributed by atoms with Gasteiger partial charge >= 0.3 is 5.97 Å². The number of hydrogen-bond acceptors (Lipinski definition) is 5. The molecule has 0 fully saturated rings. The van der Waals surface area contributed by atoms with E-state index in [2.05, 4.69) is 10.6 Å². The number of carbonyl (C=O) groups is 3. The second-order valence-corrected chi connectivity index (χ2v) is 6.68. The third-order valence-corrected chi connectivity index (χ3v) is 4.44. The Morgan fingerprint density at radius 3 is 2.17 bits per heavy atom. The van der Waals surface area contributed by atoms with Gasteiger partial charge in [-0.2, -0.15) is 0 Å². The van der Waals surface area contributed by atoms with Crippen LogP contribution in [0.15, 0.2) is 42.5 Å². The summed E-state index contributed by atoms with van der Waals surface area (Å²) in [6, 6.07) is 8.35. The first-order chi connectivity index (χ1) is 13.7. The van der Waals surface area contributed by atoms with Gasteiger partial charge in [0.05, 0.1) is 27.0 Å². The van der Waals surface area contributed by atoms with E-state index in [0.29, 0.717) is 5.56 Å². The highest BCUT2D eigenvalue weighted by atomic mass is 35.5. The number of nitrogens with one attached hydrogen (secondary N) is 2. The fraction of sp³-hybridized carbons (Fsp3) is 0.167. The number of nitro groups is 1. The van der Waals surface area contributed by atoms with Crippen LogP contribution >= 0.6 is 23.2 Å². The number of nitrogens with zero attached hydrogens (tertiary/aromatic N) is 1. The van der Waals surface area contributed by atoms with E-state index in [1.54, 1.807) is 0 Å². The molecule has 0 aliphatic carbocycles. The lowest BCUT2D eigenvalue weighted by atomic mass is 10.1. The van der Waals surface area contributed by atoms with E-state index in [1.165, 1.54) is 42.5 Å². The maximum absolute atomic E-state index is 12.3. The minimum absolute atomic E-state index is 0.0568. The fourth-order valence-electron chi connectivity index (χ4n) is 2.34. The largest absolute Gasteiger partial charge is 0.480 e. The minimum atomic E-state index is -1.42. The van der Waals surface area contributed by atoms with Crippen molar-refractivity contribution in [1.82, 2.24) is 10.6 Å². The predicted molar refractivity (Wildman–Crippen MR) is 105 cm³/mol. The molecule has 1 atom stereocenters. The van der Waals surface area contributed by atoms with Gasteiger partial charge in [-0.3, -0.25) is 19.7 Å². The number of hydrogen-bond donors (Lipinski definition) is 3. The van der Waals surface area contributed by atoms with Gasteiger partial charge < -0.3 is 15.7 Å². The molecule has 0 saturated carbocycles. The lowest BCUT2D eigenvalue weighted by Crippen LogP contribution is -2.48. The number of carbonyl (C=O) groups excluding carboxylic acids is 2. The Kier molecular flexibility index (Phi) is 7.52. The normalized spacial score (nSPS) is 11.4. The molecule has 2 aromatic carbocycles. The third kappa shape index (κ3) is 6.16. The van der Waals surface area contributed by atoms with Gasteiger partial charge in [-0.1, -0.05) is 41.4 Å². The number of non-ortho nitro benzene ring substituents is 1. The first-order valence-corrected chi connectivity index (χ1v) is 8.92. The van der Waals surface area contributed by atoms with Gasteiger partial charge in [-0.15, -0.1) is 0 Å². The van der Waals surface area contributed by atoms with Crippen LogP contribution in [0.2, 0.25) is 10.0 Å². The zero-order chi connectivity index (χ0) is 21.6. The van der Waals surface area contributed by atoms with Crippen molar-refractivity contribution in [3.05, 3.63) is 73.8 Å². The number of rotatable bonds is 8. The number of benzene rings is 2. The highest BCUT2D eigenvalue weighted by Gasteiger charge is 2.24. The van der Waals surface area contributed by atoms with Crippen LogP contribution < -0.4 is 10.6 Å². The van der Waals surface area contributed by atoms with Crippen LogP contribution in [0, 0.1) is 10.1 Å². The molecule has 9 nitrogen and oxygen atoms in total. The molecule has 0 aliphatic rings. The molecule has 2 rings (SSSR count). The summed E-state index contributed by atoms with van der Waals surface area (Å²) in [5.74, 6) is -2.68. The van der Waals surface area contributed by atoms with E-state index in [-0.39, 0.29) is 34.3 Å². The molecule has 0 saturated heterocycles. The Hall–Kier alpha value is -3.17. The van der Waals surface area contributed by atoms with Crippen molar-refractivity contribution in [2.24, 2.45) is 0 Å². The number of halogens is 2. The maximum atomic E-state index is 12.3. The van der Waals surface area contributed by atoms with Crippen LogP contribution in [0.5, 0.6) is 0 Å². The molecule has 11 heteroatoms. The lowest BCUT2D eigenvalue weighted by Gasteiger charge is -2.16. The van der Waals surface area contributed by atoms with Crippen LogP contribution in [0.1, 0.15) is 15.9 Å². The van der Waals surface area contributed by atoms with Gasteiger partial charge in [-0.05, 0) is 17.7 Å². The Morgan fingerprint density at radius 2 is 1.66 bits per heavy atom. The first kappa shape index (κ1) is 22.1. The smallest absolute Gasteiger partial charge is 0.328 e. The summed E-state index contributed by atoms with van der Waals surface area (Å²) in [6.45, 7) is -0.380. The average molecular weight is 440 g/mol. The molecule has 0 radical (unpaired) electrons. The van der Waals surface area contributed by atoms with Crippen LogP contribution in [-0.4, -0.2) is 40.4 Å². The lowest BCUT2D eigenvalue weighted by molar-refractivity contribution is -0.384. The number of nitro benzene ring substituents is 1. The molecule has 0 unspecified atom stereocenters. The Balaban J connectivity index is 1.96. The molecule has 29 heavy (non-hydrogen) atoms. The van der Waals surface area contributed by atoms with Crippen molar-refractivity contribution in [2.45, 2.75) is 12.5 Å². The highest BCUT2D eigenvalue weighted by Crippen LogP contribution is 2.24. The molecular formula is C18H15Cl2N3O6. The van der Waals surface area contributed by atoms with Gasteiger partial charge in [0.1, 0.15) is 6.04 Å². The summed E-state index contributed by atoms with van der Waals surface area (Å²) in [6.07, 6.45) is -0.116. The van der Waals surface area contributed by atoms with Crippen molar-refractivity contribution < 1.29 is 24.4 Å². The molecule has 152 valence electrons. The molecule has 0 spiro atoms. The first-order valence-electron chi connectivity index (χ1n) is 8.16. The summed E-state index contributed by atoms with van der Waals surface area (Å²) >= 11 is 11.9. The number of aliphatic carboxylic acids is 1. The summed E-state index contributed by atoms with van der Waals surface area (Å²) < 4.78 is 0. The monoisotopic (exact) mass is 439 g/mol. The molecule has 2 amide bonds. The van der Waals surface area contributed by atoms with Gasteiger partial charge in [0.15, 0.2) is 0 Å². The van der Waals surface area contributed by atoms with Gasteiger partial charge in [0.2, 0.25) is 5.91 Å². The zero-order valence-corrected chi connectivity index (χ0v) is 16.2. The molecular weight excluding hydrogens is 425 g/mol. The van der Waals surface area contributed by atoms with Crippen molar-refractivity contribution in [3.63, 3.8) is 0 Å². The summed E-state index contributed by atoms with van der Waals surface area (Å²) in [5.41, 5.74) is 0.326. The molecule has 3 N–H and O–H groups in total. The summed E-state index contributed by atoms with van der Waals surface area (Å²) in [7, 11) is 0. The molecule has 0 heterocycles. The molecule has 0 aromatic heterocycles. The van der Waals surface area contributed by atoms with Crippen LogP contribution in [0.3, 0.4) is 0 Å². The fourth-order valence-corrected chi connectivity index (χ4v) is 2.91. The van der Waals surface area contributed by atoms with E-state index in [0.717, 1.165) is 0 Å². The van der Waals surface area contributed by atoms with Crippen LogP contribution in [-0.2, 0) is 16.0 Å². The van der Waals surface area contributed by atoms with Crippen molar-refractivity contribution in [1.29, 1.82) is 0 Å². The van der Waals surface area contributed by atoms with E-state index < -0.39 is 28.7 Å². The number of carboxylic acids is 1. The topological polar surface area (TPSA) is 139 Å². The molecule has 0 aliphatic heterocycles. The predicted octanol–water partition coefficient (Wildman–Crippen LogP) is 2.44. The quantitative estimate of drug-likeness (QED) is 0.426. The summed E-state index contributed by atoms with van der Waals surface area (Å²) in [5, 5.41) is 24.7. The zero-order valence-electron chi connectivity index (χ0n) is 14.7. The van der Waals surface area contributed by atoms with E-state index in [4.69, 9.17) is 23.2 Å². The van der Waals surface area contributed by atoms with Crippen LogP contribution in [0.25, 0.3) is 0 Å². The van der Waals surface area contributed by atoms with Crippen LogP contribution in [0.4, 0.5) is 5.69 Å². The standard InChI is InChI=1S/C18H15Cl2N3O6/c19-12-2-1-3-13(20)16(12)17(25)22-14(18(26)27)9-21-15(24)8-10-4-6-11(7-5-10)23(28)29/h1-7,14H,8-9H2,(H,21,24)(H,22,25)(H,26,27)/t14-/m0/s1. The van der Waals surface area contributed by atoms with Gasteiger partial charge in [0.25, 0.3) is 11.6 Å². The van der Waals surface area contributed by atoms with E-state index in [1.807, 2.05) is 0 Å². The van der Waals surface area contributed by atoms with Crippen molar-refractivity contribution >= 4 is 46.7 Å². The third-order valence-electron chi connectivity index (χ3n) is 3.81. The second-order valence-electron chi connectivity index (χ2n) is 5.87. The molecule has 0 bridgehead atoms. The number of amides is 2. The Bertz CT molecular complexity index is 929. The molecule has 2 aromatic rings. The van der Waals surface area contributed by atoms with E-state index in [9.17, 15) is 29.6 Å². The van der Waals surface area contributed by atoms with E-state index >= 15 is 0 Å². The highest BCUT2D eigenvalue weighted by molar-refractivity contribution is 6.39. The van der Waals surface area contributed by atoms with Gasteiger partial charge in [-0.25, -0.2) is 4.79 Å². The minimum Gasteiger partial charge on any atom is -0.480 e. The van der Waals surface area contributed by atoms with Crippen molar-refractivity contribution in [3.8, 4) is 0 Å². The second kappa shape index (κ2) is 9.85. The average Bonchev–Trinajstić information content (AvgIpc) is 2.65. The Labute approximate surface area is 174 Å². The SMILES string of the molecule is O=C(Cc1ccc([N+](=O)[O-])cc1)NC[C@H](NC(=O)c1c(Cl)cccc1Cl)C(=O)O. The Morgan fingerprint density at radius 1 is 1.07 bits per heavy atom. The summed E-state index contributed by atoms with van der Waals surface area (Å²) in [4.78, 5) is 45.8. The maximum Gasteiger partial charge on any atom is 0.328 e. The van der Waals surface area contributed by atoms with Gasteiger partial charge in [0, 0.05) is 18.7 Å².